The molecular weight excluding hydrogens is 687 g/mol. The summed E-state index contributed by atoms with van der Waals surface area (Å²) in [5, 5.41) is 5.04. The van der Waals surface area contributed by atoms with Gasteiger partial charge in [0.05, 0.1) is 11.0 Å². The first kappa shape index (κ1) is 27.0. The predicted octanol–water partition coefficient (Wildman–Crippen LogP) is 7.25. The summed E-state index contributed by atoms with van der Waals surface area (Å²) in [6.45, 7) is 0. The third kappa shape index (κ3) is 4.02. The van der Waals surface area contributed by atoms with Crippen LogP contribution in [-0.4, -0.2) is 12.9 Å². The molecule has 0 fully saturated rings. The van der Waals surface area contributed by atoms with Crippen molar-refractivity contribution in [3.05, 3.63) is 143 Å². The van der Waals surface area contributed by atoms with E-state index in [0.717, 1.165) is 47.4 Å². The van der Waals surface area contributed by atoms with E-state index in [2.05, 4.69) is 141 Å². The molecule has 2 aromatic heterocycles. The van der Waals surface area contributed by atoms with Crippen LogP contribution in [-0.2, 0) is 0 Å². The van der Waals surface area contributed by atoms with Gasteiger partial charge < -0.3 is 0 Å². The third-order valence-corrected chi connectivity index (χ3v) is 12.2. The first-order valence-corrected chi connectivity index (χ1v) is 18.5. The molecule has 0 atom stereocenters. The van der Waals surface area contributed by atoms with E-state index in [4.69, 9.17) is 10.7 Å². The maximum absolute atomic E-state index is 7.16. The van der Waals surface area contributed by atoms with Crippen LogP contribution in [0.1, 0.15) is 30.4 Å². The van der Waals surface area contributed by atoms with Gasteiger partial charge in [0.15, 0.2) is 0 Å². The van der Waals surface area contributed by atoms with Crippen molar-refractivity contribution in [1.82, 2.24) is 9.13 Å². The molecule has 5 aromatic carbocycles. The molecule has 47 heavy (non-hydrogen) atoms. The number of nitrogens with zero attached hydrogens (tertiary/aromatic N) is 3. The van der Waals surface area contributed by atoms with Crippen LogP contribution in [0.4, 0.5) is 0 Å². The fraction of sp³-hybridized carbons (Fsp3) is 0.0714. The molecule has 1 aliphatic carbocycles. The molecule has 4 nitrogen and oxygen atoms in total. The van der Waals surface area contributed by atoms with Gasteiger partial charge in [-0.3, -0.25) is 0 Å². The van der Waals surface area contributed by atoms with Crippen molar-refractivity contribution < 1.29 is 21.2 Å². The Hall–Kier alpha value is -5.14. The number of aliphatic imine (C=N–C) groups is 1. The molecular formula is C42H30IN4-. The molecule has 0 saturated heterocycles. The fourth-order valence-electron chi connectivity index (χ4n) is 7.74. The molecule has 5 heteroatoms. The molecule has 3 aliphatic rings. The molecule has 2 aliphatic heterocycles. The molecule has 0 bridgehead atoms. The van der Waals surface area contributed by atoms with Crippen molar-refractivity contribution in [3.63, 3.8) is 0 Å². The Morgan fingerprint density at radius 2 is 1.28 bits per heavy atom. The van der Waals surface area contributed by atoms with E-state index >= 15 is 0 Å². The molecule has 0 saturated carbocycles. The zero-order chi connectivity index (χ0) is 31.1. The second kappa shape index (κ2) is 10.4. The first-order valence-electron chi connectivity index (χ1n) is 16.2. The van der Waals surface area contributed by atoms with Gasteiger partial charge in [0.1, 0.15) is 0 Å². The van der Waals surface area contributed by atoms with Crippen LogP contribution in [0.5, 0.6) is 0 Å². The second-order valence-electron chi connectivity index (χ2n) is 12.4. The molecule has 4 heterocycles. The number of fused-ring (bicyclic) bond motifs is 8. The van der Waals surface area contributed by atoms with Crippen molar-refractivity contribution in [1.29, 1.82) is 0 Å². The van der Waals surface area contributed by atoms with Gasteiger partial charge in [0, 0.05) is 10.8 Å². The number of halogens is 1. The van der Waals surface area contributed by atoms with Crippen molar-refractivity contribution in [2.24, 2.45) is 10.7 Å². The molecule has 0 radical (unpaired) electrons. The summed E-state index contributed by atoms with van der Waals surface area (Å²) < 4.78 is 8.41. The average Bonchev–Trinajstić information content (AvgIpc) is 3.82. The van der Waals surface area contributed by atoms with Gasteiger partial charge in [-0.05, 0) is 12.1 Å². The average molecular weight is 718 g/mol. The number of hydrogen-bond acceptors (Lipinski definition) is 2. The summed E-state index contributed by atoms with van der Waals surface area (Å²) in [5.41, 5.74) is 20.0. The van der Waals surface area contributed by atoms with Gasteiger partial charge in [0.25, 0.3) is 0 Å². The second-order valence-corrected chi connectivity index (χ2v) is 15.0. The Labute approximate surface area is 282 Å². The van der Waals surface area contributed by atoms with E-state index in [0.29, 0.717) is 0 Å². The van der Waals surface area contributed by atoms with E-state index in [1.807, 2.05) is 0 Å². The minimum atomic E-state index is -0.237. The molecule has 0 amide bonds. The number of rotatable bonds is 3. The number of nitrogens with two attached hydrogens (primary N) is 1. The van der Waals surface area contributed by atoms with Crippen molar-refractivity contribution >= 4 is 70.1 Å². The van der Waals surface area contributed by atoms with Gasteiger partial charge in [-0.15, -0.1) is 0 Å². The van der Waals surface area contributed by atoms with Crippen LogP contribution in [0.3, 0.4) is 0 Å². The van der Waals surface area contributed by atoms with E-state index < -0.39 is 0 Å². The van der Waals surface area contributed by atoms with E-state index in [-0.39, 0.29) is 21.2 Å². The van der Waals surface area contributed by atoms with Crippen molar-refractivity contribution in [2.45, 2.75) is 19.3 Å². The quantitative estimate of drug-likeness (QED) is 0.193. The van der Waals surface area contributed by atoms with Crippen molar-refractivity contribution in [2.75, 3.05) is 0 Å². The number of hydrogen-bond donors (Lipinski definition) is 1. The molecule has 2 N–H and O–H groups in total. The van der Waals surface area contributed by atoms with E-state index in [1.165, 1.54) is 64.2 Å². The zero-order valence-corrected chi connectivity index (χ0v) is 27.8. The van der Waals surface area contributed by atoms with Gasteiger partial charge in [-0.2, -0.15) is 0 Å². The summed E-state index contributed by atoms with van der Waals surface area (Å²) >= 11 is -0.237. The minimum absolute atomic E-state index is 0.237. The molecule has 0 unspecified atom stereocenters. The Morgan fingerprint density at radius 3 is 1.98 bits per heavy atom. The normalized spacial score (nSPS) is 17.0. The molecule has 0 spiro atoms. The summed E-state index contributed by atoms with van der Waals surface area (Å²) in [7, 11) is 0. The monoisotopic (exact) mass is 717 g/mol. The third-order valence-electron chi connectivity index (χ3n) is 9.84. The van der Waals surface area contributed by atoms with Gasteiger partial charge in [-0.1, -0.05) is 36.4 Å². The summed E-state index contributed by atoms with van der Waals surface area (Å²) in [4.78, 5) is 5.38. The van der Waals surface area contributed by atoms with Crippen LogP contribution in [0.15, 0.2) is 136 Å². The summed E-state index contributed by atoms with van der Waals surface area (Å²) in [5.74, 6) is 0.857. The SMILES string of the molecule is NC1=C(N=C2CCC=C[I-]2)n2c3ccccc3c3cc(C4=CC=C(n5c6ccccc6c6ccccc65)C4)cc(c32)-c2ccccc21. The summed E-state index contributed by atoms with van der Waals surface area (Å²) in [6.07, 6.45) is 9.83. The Morgan fingerprint density at radius 1 is 0.638 bits per heavy atom. The van der Waals surface area contributed by atoms with E-state index in [1.54, 1.807) is 0 Å². The Bertz CT molecular complexity index is 2590. The number of aromatic nitrogens is 2. The first-order chi connectivity index (χ1) is 23.2. The topological polar surface area (TPSA) is 48.2 Å². The Balaban J connectivity index is 1.18. The molecule has 226 valence electrons. The zero-order valence-electron chi connectivity index (χ0n) is 25.6. The van der Waals surface area contributed by atoms with Crippen LogP contribution < -0.4 is 26.9 Å². The van der Waals surface area contributed by atoms with E-state index in [9.17, 15) is 0 Å². The van der Waals surface area contributed by atoms with Crippen LogP contribution in [0, 0.1) is 0 Å². The maximum atomic E-state index is 7.16. The van der Waals surface area contributed by atoms with Gasteiger partial charge in [-0.25, -0.2) is 0 Å². The van der Waals surface area contributed by atoms with Gasteiger partial charge in [0.2, 0.25) is 0 Å². The van der Waals surface area contributed by atoms with Crippen LogP contribution in [0.2, 0.25) is 0 Å². The fourth-order valence-corrected chi connectivity index (χ4v) is 9.76. The van der Waals surface area contributed by atoms with Gasteiger partial charge >= 0.3 is 214 Å². The number of benzene rings is 5. The molecule has 10 rings (SSSR count). The Kier molecular flexibility index (Phi) is 6.00. The molecule has 7 aromatic rings. The predicted molar refractivity (Wildman–Crippen MR) is 194 cm³/mol. The van der Waals surface area contributed by atoms with Crippen LogP contribution >= 0.6 is 0 Å². The summed E-state index contributed by atoms with van der Waals surface area (Å²) in [6, 6.07) is 39.6. The number of para-hydroxylation sites is 3. The van der Waals surface area contributed by atoms with Crippen molar-refractivity contribution in [3.8, 4) is 11.1 Å². The number of allylic oxidation sites excluding steroid dienone is 5. The standard InChI is InChI=1S/C42H30IN4/c44-40-33-15-2-1-11-29(33)34-24-27(26-20-21-28(23-26)46-36-16-6-3-12-30(36)31-13-4-7-17-37(31)46)25-35-32-14-5-8-18-38(32)47(41(34)35)42(40)45-39-19-9-10-22-43-39/h1-8,10-18,20-22,24-25H,9,19,23,44H2/q-1. The van der Waals surface area contributed by atoms with Crippen LogP contribution in [0.25, 0.3) is 77.5 Å².